The number of rotatable bonds is 7. The third kappa shape index (κ3) is 5.60. The van der Waals surface area contributed by atoms with Crippen molar-refractivity contribution in [1.29, 1.82) is 0 Å². The smallest absolute Gasteiger partial charge is 0.254 e. The summed E-state index contributed by atoms with van der Waals surface area (Å²) >= 11 is 0. The number of likely N-dealkylation sites (N-methyl/N-ethyl adjacent to an activating group) is 1. The van der Waals surface area contributed by atoms with E-state index in [0.717, 1.165) is 23.4 Å². The van der Waals surface area contributed by atoms with E-state index >= 15 is 0 Å². The van der Waals surface area contributed by atoms with Crippen molar-refractivity contribution >= 4 is 17.5 Å². The standard InChI is InChI=1S/C27H31N5O3/c1-28-26(33)21-6-4-5-20(15-21)24-18-32(14-13-31(24)2)27(34)22-7-8-25(35-3)23(16-22)30-17-19-9-11-29-12-10-19/h4-12,15-16,24,30H,13-14,17-18H2,1-3H3,(H,28,33). The molecule has 0 saturated carbocycles. The predicted octanol–water partition coefficient (Wildman–Crippen LogP) is 3.19. The fourth-order valence-electron chi connectivity index (χ4n) is 4.31. The Kier molecular flexibility index (Phi) is 7.62. The summed E-state index contributed by atoms with van der Waals surface area (Å²) in [6.45, 7) is 2.50. The minimum Gasteiger partial charge on any atom is -0.495 e. The largest absolute Gasteiger partial charge is 0.495 e. The molecule has 4 rings (SSSR count). The van der Waals surface area contributed by atoms with Crippen LogP contribution in [0.3, 0.4) is 0 Å². The summed E-state index contributed by atoms with van der Waals surface area (Å²) < 4.78 is 5.50. The van der Waals surface area contributed by atoms with E-state index in [0.29, 0.717) is 36.5 Å². The van der Waals surface area contributed by atoms with Crippen LogP contribution in [-0.2, 0) is 6.54 Å². The van der Waals surface area contributed by atoms with Crippen molar-refractivity contribution < 1.29 is 14.3 Å². The van der Waals surface area contributed by atoms with Gasteiger partial charge in [0.15, 0.2) is 0 Å². The summed E-state index contributed by atoms with van der Waals surface area (Å²) in [6, 6.07) is 17.0. The third-order valence-corrected chi connectivity index (χ3v) is 6.37. The summed E-state index contributed by atoms with van der Waals surface area (Å²) in [6.07, 6.45) is 3.50. The number of amides is 2. The number of carbonyl (C=O) groups is 2. The first-order valence-corrected chi connectivity index (χ1v) is 11.6. The summed E-state index contributed by atoms with van der Waals surface area (Å²) in [5.41, 5.74) is 4.08. The number of pyridine rings is 1. The number of nitrogens with one attached hydrogen (secondary N) is 2. The van der Waals surface area contributed by atoms with Gasteiger partial charge < -0.3 is 20.3 Å². The van der Waals surface area contributed by atoms with Crippen molar-refractivity contribution in [3.8, 4) is 5.75 Å². The van der Waals surface area contributed by atoms with Crippen LogP contribution >= 0.6 is 0 Å². The molecule has 0 radical (unpaired) electrons. The fourth-order valence-corrected chi connectivity index (χ4v) is 4.31. The van der Waals surface area contributed by atoms with E-state index in [2.05, 4.69) is 20.5 Å². The highest BCUT2D eigenvalue weighted by Crippen LogP contribution is 2.29. The van der Waals surface area contributed by atoms with Crippen molar-refractivity contribution in [2.24, 2.45) is 0 Å². The van der Waals surface area contributed by atoms with E-state index in [1.54, 1.807) is 38.7 Å². The van der Waals surface area contributed by atoms with Gasteiger partial charge in [0, 0.05) is 56.7 Å². The van der Waals surface area contributed by atoms with Gasteiger partial charge in [-0.2, -0.15) is 0 Å². The van der Waals surface area contributed by atoms with Crippen LogP contribution in [-0.4, -0.2) is 67.4 Å². The maximum atomic E-state index is 13.5. The summed E-state index contributed by atoms with van der Waals surface area (Å²) in [5.74, 6) is 0.529. The summed E-state index contributed by atoms with van der Waals surface area (Å²) in [4.78, 5) is 33.8. The van der Waals surface area contributed by atoms with Crippen molar-refractivity contribution in [3.63, 3.8) is 0 Å². The number of carbonyl (C=O) groups excluding carboxylic acids is 2. The van der Waals surface area contributed by atoms with E-state index in [1.165, 1.54) is 0 Å². The quantitative estimate of drug-likeness (QED) is 0.548. The van der Waals surface area contributed by atoms with Gasteiger partial charge in [0.25, 0.3) is 11.8 Å². The molecule has 0 spiro atoms. The molecule has 35 heavy (non-hydrogen) atoms. The van der Waals surface area contributed by atoms with Gasteiger partial charge in [-0.15, -0.1) is 0 Å². The van der Waals surface area contributed by atoms with Crippen molar-refractivity contribution in [1.82, 2.24) is 20.1 Å². The van der Waals surface area contributed by atoms with Crippen LogP contribution in [0.2, 0.25) is 0 Å². The lowest BCUT2D eigenvalue weighted by Crippen LogP contribution is -2.49. The molecule has 182 valence electrons. The number of anilines is 1. The SMILES string of the molecule is CNC(=O)c1cccc(C2CN(C(=O)c3ccc(OC)c(NCc4ccncc4)c3)CCN2C)c1. The molecule has 1 unspecified atom stereocenters. The predicted molar refractivity (Wildman–Crippen MR) is 136 cm³/mol. The molecule has 0 aliphatic carbocycles. The Labute approximate surface area is 205 Å². The first kappa shape index (κ1) is 24.2. The van der Waals surface area contributed by atoms with Crippen LogP contribution in [0.25, 0.3) is 0 Å². The van der Waals surface area contributed by atoms with Crippen LogP contribution in [0.4, 0.5) is 5.69 Å². The maximum Gasteiger partial charge on any atom is 0.254 e. The lowest BCUT2D eigenvalue weighted by molar-refractivity contribution is 0.0545. The third-order valence-electron chi connectivity index (χ3n) is 6.37. The molecule has 1 fully saturated rings. The Morgan fingerprint density at radius 3 is 2.60 bits per heavy atom. The Balaban J connectivity index is 1.52. The maximum absolute atomic E-state index is 13.5. The molecule has 3 aromatic rings. The molecule has 1 atom stereocenters. The van der Waals surface area contributed by atoms with Crippen molar-refractivity contribution in [3.05, 3.63) is 89.2 Å². The van der Waals surface area contributed by atoms with Crippen molar-refractivity contribution in [2.75, 3.05) is 46.2 Å². The van der Waals surface area contributed by atoms with Gasteiger partial charge in [0.1, 0.15) is 5.75 Å². The first-order valence-electron chi connectivity index (χ1n) is 11.6. The van der Waals surface area contributed by atoms with Gasteiger partial charge in [-0.1, -0.05) is 12.1 Å². The lowest BCUT2D eigenvalue weighted by atomic mass is 9.99. The topological polar surface area (TPSA) is 86.8 Å². The van der Waals surface area contributed by atoms with Gasteiger partial charge in [0.2, 0.25) is 0 Å². The lowest BCUT2D eigenvalue weighted by Gasteiger charge is -2.40. The van der Waals surface area contributed by atoms with Gasteiger partial charge in [-0.25, -0.2) is 0 Å². The molecule has 2 amide bonds. The van der Waals surface area contributed by atoms with Gasteiger partial charge >= 0.3 is 0 Å². The Morgan fingerprint density at radius 1 is 1.06 bits per heavy atom. The molecule has 2 heterocycles. The molecule has 1 aliphatic heterocycles. The highest BCUT2D eigenvalue weighted by Gasteiger charge is 2.29. The van der Waals surface area contributed by atoms with E-state index in [-0.39, 0.29) is 17.9 Å². The summed E-state index contributed by atoms with van der Waals surface area (Å²) in [5, 5.41) is 6.04. The number of benzene rings is 2. The Morgan fingerprint density at radius 2 is 1.86 bits per heavy atom. The zero-order valence-electron chi connectivity index (χ0n) is 20.3. The van der Waals surface area contributed by atoms with Crippen LogP contribution in [0.15, 0.2) is 67.0 Å². The zero-order chi connectivity index (χ0) is 24.8. The molecule has 0 bridgehead atoms. The summed E-state index contributed by atoms with van der Waals surface area (Å²) in [7, 11) is 5.29. The van der Waals surface area contributed by atoms with Crippen LogP contribution in [0, 0.1) is 0 Å². The van der Waals surface area contributed by atoms with Gasteiger partial charge in [-0.3, -0.25) is 19.5 Å². The number of piperazine rings is 1. The first-order chi connectivity index (χ1) is 17.0. The van der Waals surface area contributed by atoms with E-state index in [1.807, 2.05) is 54.4 Å². The molecule has 1 saturated heterocycles. The molecular formula is C27H31N5O3. The molecule has 8 heteroatoms. The van der Waals surface area contributed by atoms with E-state index < -0.39 is 0 Å². The zero-order valence-corrected chi connectivity index (χ0v) is 20.3. The molecule has 1 aliphatic rings. The number of hydrogen-bond acceptors (Lipinski definition) is 6. The van der Waals surface area contributed by atoms with E-state index in [9.17, 15) is 9.59 Å². The average Bonchev–Trinajstić information content (AvgIpc) is 2.91. The number of hydrogen-bond donors (Lipinski definition) is 2. The molecular weight excluding hydrogens is 442 g/mol. The highest BCUT2D eigenvalue weighted by atomic mass is 16.5. The Hall–Kier alpha value is -3.91. The minimum atomic E-state index is -0.122. The average molecular weight is 474 g/mol. The number of aromatic nitrogens is 1. The Bertz CT molecular complexity index is 1180. The minimum absolute atomic E-state index is 0.000148. The molecule has 2 aromatic carbocycles. The highest BCUT2D eigenvalue weighted by molar-refractivity contribution is 5.96. The monoisotopic (exact) mass is 473 g/mol. The number of ether oxygens (including phenoxy) is 1. The van der Waals surface area contributed by atoms with E-state index in [4.69, 9.17) is 4.74 Å². The second-order valence-electron chi connectivity index (χ2n) is 8.58. The number of nitrogens with zero attached hydrogens (tertiary/aromatic N) is 3. The molecule has 1 aromatic heterocycles. The van der Waals surface area contributed by atoms with Crippen LogP contribution in [0.1, 0.15) is 37.9 Å². The van der Waals surface area contributed by atoms with Gasteiger partial charge in [0.05, 0.1) is 18.8 Å². The second kappa shape index (κ2) is 11.0. The normalized spacial score (nSPS) is 16.0. The van der Waals surface area contributed by atoms with Crippen molar-refractivity contribution in [2.45, 2.75) is 12.6 Å². The molecule has 2 N–H and O–H groups in total. The van der Waals surface area contributed by atoms with Crippen LogP contribution in [0.5, 0.6) is 5.75 Å². The van der Waals surface area contributed by atoms with Crippen LogP contribution < -0.4 is 15.4 Å². The fraction of sp³-hybridized carbons (Fsp3) is 0.296. The van der Waals surface area contributed by atoms with Gasteiger partial charge in [-0.05, 0) is 60.6 Å². The number of methoxy groups -OCH3 is 1. The second-order valence-corrected chi connectivity index (χ2v) is 8.58. The molecule has 8 nitrogen and oxygen atoms in total.